The number of hydrogen-bond acceptors (Lipinski definition) is 7. The predicted molar refractivity (Wildman–Crippen MR) is 71.0 cm³/mol. The number of aryl methyl sites for hydroxylation is 1. The highest BCUT2D eigenvalue weighted by Gasteiger charge is 2.13. The second kappa shape index (κ2) is 7.20. The molecule has 0 fully saturated rings. The van der Waals surface area contributed by atoms with Crippen molar-refractivity contribution < 1.29 is 30.0 Å². The minimum atomic E-state index is -1.24. The first kappa shape index (κ1) is 16.4. The van der Waals surface area contributed by atoms with Crippen molar-refractivity contribution in [2.75, 3.05) is 13.1 Å². The molecule has 0 bridgehead atoms. The van der Waals surface area contributed by atoms with Gasteiger partial charge >= 0.3 is 11.9 Å². The van der Waals surface area contributed by atoms with Gasteiger partial charge in [-0.05, 0) is 6.92 Å². The van der Waals surface area contributed by atoms with Gasteiger partial charge in [0.25, 0.3) is 0 Å². The van der Waals surface area contributed by atoms with Crippen molar-refractivity contribution >= 4 is 18.2 Å². The summed E-state index contributed by atoms with van der Waals surface area (Å²) in [6, 6.07) is 0. The summed E-state index contributed by atoms with van der Waals surface area (Å²) in [5.74, 6) is -2.70. The van der Waals surface area contributed by atoms with Crippen LogP contribution < -0.4 is 0 Å². The van der Waals surface area contributed by atoms with Gasteiger partial charge in [0.05, 0.1) is 18.5 Å². The second-order valence-corrected chi connectivity index (χ2v) is 4.14. The quantitative estimate of drug-likeness (QED) is 0.385. The number of aliphatic hydroxyl groups is 1. The molecule has 9 heteroatoms. The molecule has 0 aliphatic carbocycles. The molecule has 0 unspecified atom stereocenters. The first-order valence-electron chi connectivity index (χ1n) is 5.86. The molecule has 1 rings (SSSR count). The number of rotatable bonds is 7. The fourth-order valence-electron chi connectivity index (χ4n) is 1.51. The number of hydrogen-bond donors (Lipinski definition) is 4. The lowest BCUT2D eigenvalue weighted by Gasteiger charge is -2.14. The Morgan fingerprint density at radius 1 is 1.33 bits per heavy atom. The maximum Gasteiger partial charge on any atom is 0.324 e. The number of nitrogens with zero attached hydrogens (tertiary/aromatic N) is 3. The first-order chi connectivity index (χ1) is 9.85. The summed E-state index contributed by atoms with van der Waals surface area (Å²) < 4.78 is 0. The number of carboxylic acid groups (broad SMARTS) is 2. The molecule has 4 N–H and O–H groups in total. The fourth-order valence-corrected chi connectivity index (χ4v) is 1.51. The van der Waals surface area contributed by atoms with E-state index in [4.69, 9.17) is 10.2 Å². The predicted octanol–water partition coefficient (Wildman–Crippen LogP) is -0.607. The largest absolute Gasteiger partial charge is 0.505 e. The lowest BCUT2D eigenvalue weighted by atomic mass is 10.1. The van der Waals surface area contributed by atoms with E-state index < -0.39 is 31.6 Å². The zero-order valence-electron chi connectivity index (χ0n) is 11.2. The summed E-state index contributed by atoms with van der Waals surface area (Å²) in [4.78, 5) is 25.1. The molecule has 1 aromatic rings. The SMILES string of the molecule is Cc1ncc(CO)c(/C=N\N(CC(=O)O)CC(=O)O)c1O. The third-order valence-corrected chi connectivity index (χ3v) is 2.51. The highest BCUT2D eigenvalue weighted by molar-refractivity contribution is 5.85. The minimum Gasteiger partial charge on any atom is -0.505 e. The van der Waals surface area contributed by atoms with Crippen LogP contribution >= 0.6 is 0 Å². The van der Waals surface area contributed by atoms with Crippen molar-refractivity contribution in [2.24, 2.45) is 5.10 Å². The van der Waals surface area contributed by atoms with Gasteiger partial charge in [-0.3, -0.25) is 19.6 Å². The van der Waals surface area contributed by atoms with Crippen molar-refractivity contribution in [1.82, 2.24) is 9.99 Å². The highest BCUT2D eigenvalue weighted by Crippen LogP contribution is 2.22. The topological polar surface area (TPSA) is 144 Å². The number of aromatic nitrogens is 1. The number of carboxylic acids is 2. The molecule has 0 radical (unpaired) electrons. The number of aromatic hydroxyl groups is 1. The van der Waals surface area contributed by atoms with Gasteiger partial charge in [0.15, 0.2) is 0 Å². The smallest absolute Gasteiger partial charge is 0.324 e. The summed E-state index contributed by atoms with van der Waals surface area (Å²) in [7, 11) is 0. The van der Waals surface area contributed by atoms with Crippen LogP contribution in [0, 0.1) is 6.92 Å². The summed E-state index contributed by atoms with van der Waals surface area (Å²) in [6.07, 6.45) is 2.44. The minimum absolute atomic E-state index is 0.158. The van der Waals surface area contributed by atoms with Gasteiger partial charge < -0.3 is 20.4 Å². The molecule has 21 heavy (non-hydrogen) atoms. The molecule has 1 aromatic heterocycles. The summed E-state index contributed by atoms with van der Waals surface area (Å²) in [5.41, 5.74) is 0.745. The Kier molecular flexibility index (Phi) is 5.61. The van der Waals surface area contributed by atoms with Gasteiger partial charge in [0, 0.05) is 17.3 Å². The summed E-state index contributed by atoms with van der Waals surface area (Å²) >= 11 is 0. The maximum atomic E-state index is 10.6. The van der Waals surface area contributed by atoms with Crippen LogP contribution in [0.2, 0.25) is 0 Å². The van der Waals surface area contributed by atoms with E-state index in [2.05, 4.69) is 10.1 Å². The molecule has 9 nitrogen and oxygen atoms in total. The normalized spacial score (nSPS) is 10.8. The van der Waals surface area contributed by atoms with Crippen LogP contribution in [0.4, 0.5) is 0 Å². The number of carbonyl (C=O) groups is 2. The van der Waals surface area contributed by atoms with Gasteiger partial charge in [-0.2, -0.15) is 5.10 Å². The Hall–Kier alpha value is -2.68. The number of pyridine rings is 1. The van der Waals surface area contributed by atoms with Gasteiger partial charge in [-0.25, -0.2) is 0 Å². The zero-order valence-corrected chi connectivity index (χ0v) is 11.2. The number of aliphatic hydroxyl groups excluding tert-OH is 1. The van der Waals surface area contributed by atoms with Gasteiger partial charge in [-0.1, -0.05) is 0 Å². The molecule has 0 saturated carbocycles. The van der Waals surface area contributed by atoms with Crippen LogP contribution in [-0.4, -0.2) is 61.7 Å². The molecule has 114 valence electrons. The Labute approximate surface area is 119 Å². The first-order valence-corrected chi connectivity index (χ1v) is 5.86. The molecule has 0 aliphatic heterocycles. The Bertz CT molecular complexity index is 556. The van der Waals surface area contributed by atoms with Gasteiger partial charge in [0.1, 0.15) is 18.8 Å². The Morgan fingerprint density at radius 3 is 2.38 bits per heavy atom. The lowest BCUT2D eigenvalue weighted by Crippen LogP contribution is -2.30. The van der Waals surface area contributed by atoms with Crippen LogP contribution in [0.15, 0.2) is 11.3 Å². The Morgan fingerprint density at radius 2 is 1.90 bits per heavy atom. The summed E-state index contributed by atoms with van der Waals surface area (Å²) in [6.45, 7) is -0.0790. The number of hydrazone groups is 1. The van der Waals surface area contributed by atoms with Crippen LogP contribution in [0.5, 0.6) is 5.75 Å². The van der Waals surface area contributed by atoms with E-state index >= 15 is 0 Å². The molecular weight excluding hydrogens is 282 g/mol. The van der Waals surface area contributed by atoms with Crippen LogP contribution in [-0.2, 0) is 16.2 Å². The standard InChI is InChI=1S/C12H15N3O6/c1-7-12(21)9(8(6-16)2-13-7)3-14-15(4-10(17)18)5-11(19)20/h2-3,16,21H,4-6H2,1H3,(H,17,18)(H,19,20)/b14-3-. The van der Waals surface area contributed by atoms with E-state index in [9.17, 15) is 19.8 Å². The van der Waals surface area contributed by atoms with E-state index in [1.54, 1.807) is 6.92 Å². The van der Waals surface area contributed by atoms with Crippen LogP contribution in [0.1, 0.15) is 16.8 Å². The third kappa shape index (κ3) is 4.73. The van der Waals surface area contributed by atoms with E-state index in [-0.39, 0.29) is 16.9 Å². The molecule has 0 aliphatic rings. The highest BCUT2D eigenvalue weighted by atomic mass is 16.4. The molecule has 0 atom stereocenters. The third-order valence-electron chi connectivity index (χ3n) is 2.51. The van der Waals surface area contributed by atoms with Crippen molar-refractivity contribution in [3.63, 3.8) is 0 Å². The molecular formula is C12H15N3O6. The van der Waals surface area contributed by atoms with Crippen molar-refractivity contribution in [3.05, 3.63) is 23.0 Å². The van der Waals surface area contributed by atoms with E-state index in [1.807, 2.05) is 0 Å². The maximum absolute atomic E-state index is 10.6. The fraction of sp³-hybridized carbons (Fsp3) is 0.333. The van der Waals surface area contributed by atoms with Gasteiger partial charge in [-0.15, -0.1) is 0 Å². The van der Waals surface area contributed by atoms with Crippen LogP contribution in [0.3, 0.4) is 0 Å². The molecule has 0 spiro atoms. The summed E-state index contributed by atoms with van der Waals surface area (Å²) in [5, 5.41) is 41.0. The van der Waals surface area contributed by atoms with Gasteiger partial charge in [0.2, 0.25) is 0 Å². The zero-order chi connectivity index (χ0) is 16.0. The van der Waals surface area contributed by atoms with Crippen LogP contribution in [0.25, 0.3) is 0 Å². The van der Waals surface area contributed by atoms with E-state index in [0.29, 0.717) is 5.69 Å². The monoisotopic (exact) mass is 297 g/mol. The lowest BCUT2D eigenvalue weighted by molar-refractivity contribution is -0.141. The molecule has 0 aromatic carbocycles. The number of aliphatic carboxylic acids is 2. The molecule has 0 saturated heterocycles. The second-order valence-electron chi connectivity index (χ2n) is 4.14. The van der Waals surface area contributed by atoms with Crippen molar-refractivity contribution in [1.29, 1.82) is 0 Å². The van der Waals surface area contributed by atoms with E-state index in [0.717, 1.165) is 11.2 Å². The van der Waals surface area contributed by atoms with E-state index in [1.165, 1.54) is 6.20 Å². The molecule has 0 amide bonds. The van der Waals surface area contributed by atoms with Crippen molar-refractivity contribution in [3.8, 4) is 5.75 Å². The Balaban J connectivity index is 3.07. The van der Waals surface area contributed by atoms with Crippen molar-refractivity contribution in [2.45, 2.75) is 13.5 Å². The average Bonchev–Trinajstić information content (AvgIpc) is 2.38. The average molecular weight is 297 g/mol. The molecule has 1 heterocycles.